The standard InChI is InChI=1S/C21H34O/c1-14-5-6-15-7-8-16-17(19(15,2)13-14)9-11-20(3)18(16)10-12-21(20,4)22/h5,15-18,22H,6-13H2,1-4H3. The van der Waals surface area contributed by atoms with E-state index in [2.05, 4.69) is 33.8 Å². The molecule has 22 heavy (non-hydrogen) atoms. The zero-order chi connectivity index (χ0) is 15.8. The van der Waals surface area contributed by atoms with E-state index in [1.54, 1.807) is 5.57 Å². The fourth-order valence-electron chi connectivity index (χ4n) is 7.46. The molecule has 0 spiro atoms. The fourth-order valence-corrected chi connectivity index (χ4v) is 7.46. The van der Waals surface area contributed by atoms with Crippen LogP contribution in [0, 0.1) is 34.5 Å². The molecule has 1 N–H and O–H groups in total. The maximum absolute atomic E-state index is 11.0. The molecule has 0 amide bonds. The molecule has 0 saturated heterocycles. The largest absolute Gasteiger partial charge is 0.390 e. The van der Waals surface area contributed by atoms with Crippen LogP contribution in [-0.4, -0.2) is 10.7 Å². The highest BCUT2D eigenvalue weighted by atomic mass is 16.3. The van der Waals surface area contributed by atoms with Crippen molar-refractivity contribution in [1.82, 2.24) is 0 Å². The minimum absolute atomic E-state index is 0.177. The van der Waals surface area contributed by atoms with Crippen LogP contribution in [0.4, 0.5) is 0 Å². The van der Waals surface area contributed by atoms with Crippen LogP contribution < -0.4 is 0 Å². The number of fused-ring (bicyclic) bond motifs is 5. The van der Waals surface area contributed by atoms with Crippen molar-refractivity contribution in [3.63, 3.8) is 0 Å². The van der Waals surface area contributed by atoms with Crippen molar-refractivity contribution < 1.29 is 5.11 Å². The summed E-state index contributed by atoms with van der Waals surface area (Å²) >= 11 is 0. The maximum atomic E-state index is 11.0. The van der Waals surface area contributed by atoms with Crippen molar-refractivity contribution in [3.05, 3.63) is 11.6 Å². The van der Waals surface area contributed by atoms with Gasteiger partial charge in [0.2, 0.25) is 0 Å². The van der Waals surface area contributed by atoms with Gasteiger partial charge in [0.15, 0.2) is 0 Å². The molecule has 0 aliphatic heterocycles. The summed E-state index contributed by atoms with van der Waals surface area (Å²) in [5.74, 6) is 3.47. The van der Waals surface area contributed by atoms with Crippen LogP contribution in [0.15, 0.2) is 11.6 Å². The molecule has 0 heterocycles. The summed E-state index contributed by atoms with van der Waals surface area (Å²) in [6, 6.07) is 0. The highest BCUT2D eigenvalue weighted by Gasteiger charge is 2.62. The van der Waals surface area contributed by atoms with Crippen LogP contribution in [0.25, 0.3) is 0 Å². The predicted octanol–water partition coefficient (Wildman–Crippen LogP) is 5.34. The van der Waals surface area contributed by atoms with Crippen LogP contribution >= 0.6 is 0 Å². The Morgan fingerprint density at radius 1 is 1.00 bits per heavy atom. The first-order valence-electron chi connectivity index (χ1n) is 9.66. The van der Waals surface area contributed by atoms with E-state index in [-0.39, 0.29) is 5.41 Å². The molecular formula is C21H34O. The SMILES string of the molecule is CC1=CCC2CCC3C(CCC4(C)C3CCC4(C)O)C2(C)C1. The Hall–Kier alpha value is -0.300. The fraction of sp³-hybridized carbons (Fsp3) is 0.905. The lowest BCUT2D eigenvalue weighted by molar-refractivity contribution is -0.138. The van der Waals surface area contributed by atoms with Gasteiger partial charge in [-0.3, -0.25) is 0 Å². The first-order valence-corrected chi connectivity index (χ1v) is 9.66. The highest BCUT2D eigenvalue weighted by molar-refractivity contribution is 5.17. The zero-order valence-electron chi connectivity index (χ0n) is 15.0. The monoisotopic (exact) mass is 302 g/mol. The molecule has 0 aromatic rings. The smallest absolute Gasteiger partial charge is 0.0675 e. The molecule has 1 nitrogen and oxygen atoms in total. The number of hydrogen-bond donors (Lipinski definition) is 1. The Morgan fingerprint density at radius 3 is 2.50 bits per heavy atom. The lowest BCUT2D eigenvalue weighted by Gasteiger charge is -2.60. The van der Waals surface area contributed by atoms with Gasteiger partial charge in [-0.15, -0.1) is 0 Å². The molecule has 4 aliphatic rings. The Kier molecular flexibility index (Phi) is 3.20. The van der Waals surface area contributed by atoms with Crippen LogP contribution in [0.1, 0.15) is 79.1 Å². The van der Waals surface area contributed by atoms with Gasteiger partial charge < -0.3 is 5.11 Å². The van der Waals surface area contributed by atoms with E-state index >= 15 is 0 Å². The maximum Gasteiger partial charge on any atom is 0.0675 e. The molecule has 4 aliphatic carbocycles. The zero-order valence-corrected chi connectivity index (χ0v) is 15.0. The van der Waals surface area contributed by atoms with Crippen LogP contribution in [0.2, 0.25) is 0 Å². The Morgan fingerprint density at radius 2 is 1.73 bits per heavy atom. The first kappa shape index (κ1) is 15.2. The van der Waals surface area contributed by atoms with E-state index < -0.39 is 5.60 Å². The Labute approximate surface area is 136 Å². The van der Waals surface area contributed by atoms with E-state index in [0.29, 0.717) is 5.41 Å². The molecule has 0 bridgehead atoms. The van der Waals surface area contributed by atoms with Gasteiger partial charge in [-0.05, 0) is 99.7 Å². The topological polar surface area (TPSA) is 20.2 Å². The third-order valence-electron chi connectivity index (χ3n) is 9.04. The van der Waals surface area contributed by atoms with Gasteiger partial charge in [0.05, 0.1) is 5.60 Å². The van der Waals surface area contributed by atoms with Gasteiger partial charge in [-0.2, -0.15) is 0 Å². The Bertz CT molecular complexity index is 504. The second-order valence-electron chi connectivity index (χ2n) is 9.89. The average Bonchev–Trinajstić information content (AvgIpc) is 2.68. The van der Waals surface area contributed by atoms with Crippen LogP contribution in [-0.2, 0) is 0 Å². The van der Waals surface area contributed by atoms with Gasteiger partial charge in [0, 0.05) is 0 Å². The molecule has 7 atom stereocenters. The number of aliphatic hydroxyl groups is 1. The predicted molar refractivity (Wildman–Crippen MR) is 91.5 cm³/mol. The van der Waals surface area contributed by atoms with Crippen molar-refractivity contribution in [3.8, 4) is 0 Å². The molecule has 0 aromatic heterocycles. The lowest BCUT2D eigenvalue weighted by atomic mass is 9.45. The van der Waals surface area contributed by atoms with Gasteiger partial charge in [0.25, 0.3) is 0 Å². The summed E-state index contributed by atoms with van der Waals surface area (Å²) in [6.45, 7) is 9.48. The summed E-state index contributed by atoms with van der Waals surface area (Å²) < 4.78 is 0. The van der Waals surface area contributed by atoms with Crippen molar-refractivity contribution in [1.29, 1.82) is 0 Å². The molecule has 3 fully saturated rings. The van der Waals surface area contributed by atoms with Gasteiger partial charge in [-0.1, -0.05) is 25.5 Å². The van der Waals surface area contributed by atoms with Crippen molar-refractivity contribution >= 4 is 0 Å². The van der Waals surface area contributed by atoms with E-state index in [1.165, 1.54) is 44.9 Å². The second-order valence-corrected chi connectivity index (χ2v) is 9.89. The van der Waals surface area contributed by atoms with E-state index in [0.717, 1.165) is 30.1 Å². The summed E-state index contributed by atoms with van der Waals surface area (Å²) in [6.07, 6.45) is 12.9. The lowest BCUT2D eigenvalue weighted by Crippen LogP contribution is -2.55. The highest BCUT2D eigenvalue weighted by Crippen LogP contribution is 2.68. The summed E-state index contributed by atoms with van der Waals surface area (Å²) in [4.78, 5) is 0. The molecule has 0 radical (unpaired) electrons. The third kappa shape index (κ3) is 1.81. The molecular weight excluding hydrogens is 268 g/mol. The molecule has 4 rings (SSSR count). The molecule has 3 saturated carbocycles. The molecule has 124 valence electrons. The van der Waals surface area contributed by atoms with Crippen LogP contribution in [0.3, 0.4) is 0 Å². The molecule has 1 heteroatoms. The summed E-state index contributed by atoms with van der Waals surface area (Å²) in [5, 5.41) is 11.0. The van der Waals surface area contributed by atoms with Crippen LogP contribution in [0.5, 0.6) is 0 Å². The number of allylic oxidation sites excluding steroid dienone is 2. The van der Waals surface area contributed by atoms with Gasteiger partial charge in [-0.25, -0.2) is 0 Å². The minimum atomic E-state index is -0.428. The Balaban J connectivity index is 1.67. The van der Waals surface area contributed by atoms with Crippen molar-refractivity contribution in [2.45, 2.75) is 84.7 Å². The summed E-state index contributed by atoms with van der Waals surface area (Å²) in [7, 11) is 0. The van der Waals surface area contributed by atoms with Crippen molar-refractivity contribution in [2.24, 2.45) is 34.5 Å². The van der Waals surface area contributed by atoms with E-state index in [4.69, 9.17) is 0 Å². The van der Waals surface area contributed by atoms with Gasteiger partial charge >= 0.3 is 0 Å². The summed E-state index contributed by atoms with van der Waals surface area (Å²) in [5.41, 5.74) is 1.92. The van der Waals surface area contributed by atoms with E-state index in [9.17, 15) is 5.11 Å². The molecule has 0 aromatic carbocycles. The van der Waals surface area contributed by atoms with E-state index in [1.807, 2.05) is 0 Å². The van der Waals surface area contributed by atoms with Gasteiger partial charge in [0.1, 0.15) is 0 Å². The van der Waals surface area contributed by atoms with Crippen molar-refractivity contribution in [2.75, 3.05) is 0 Å². The minimum Gasteiger partial charge on any atom is -0.390 e. The molecule has 7 unspecified atom stereocenters. The first-order chi connectivity index (χ1) is 10.3. The quantitative estimate of drug-likeness (QED) is 0.599. The second kappa shape index (κ2) is 4.62. The average molecular weight is 303 g/mol. The normalized spacial score (nSPS) is 57.6. The number of rotatable bonds is 0. The third-order valence-corrected chi connectivity index (χ3v) is 9.04. The number of hydrogen-bond acceptors (Lipinski definition) is 1.